The number of aromatic carboxylic acids is 1. The lowest BCUT2D eigenvalue weighted by molar-refractivity contribution is 0.0697. The Balaban J connectivity index is 2.39. The van der Waals surface area contributed by atoms with E-state index < -0.39 is 5.97 Å². The standard InChI is InChI=1S/C15H18N2O2/c1-3-4-9-17-10-13(15(18)19)14(16-17)12-7-5-11(2)6-8-12/h5-8,10H,3-4,9H2,1-2H3,(H,18,19). The van der Waals surface area contributed by atoms with Crippen molar-refractivity contribution in [1.82, 2.24) is 9.78 Å². The molecule has 0 fully saturated rings. The van der Waals surface area contributed by atoms with Crippen molar-refractivity contribution in [3.05, 3.63) is 41.6 Å². The quantitative estimate of drug-likeness (QED) is 0.894. The number of rotatable bonds is 5. The molecule has 1 N–H and O–H groups in total. The van der Waals surface area contributed by atoms with Crippen molar-refractivity contribution < 1.29 is 9.90 Å². The van der Waals surface area contributed by atoms with Gasteiger partial charge >= 0.3 is 5.97 Å². The Kier molecular flexibility index (Phi) is 4.00. The molecule has 2 rings (SSSR count). The van der Waals surface area contributed by atoms with E-state index in [2.05, 4.69) is 12.0 Å². The molecule has 0 bridgehead atoms. The van der Waals surface area contributed by atoms with Gasteiger partial charge in [0.25, 0.3) is 0 Å². The summed E-state index contributed by atoms with van der Waals surface area (Å²) in [7, 11) is 0. The SMILES string of the molecule is CCCCn1cc(C(=O)O)c(-c2ccc(C)cc2)n1. The third kappa shape index (κ3) is 3.02. The Bertz CT molecular complexity index is 570. The zero-order valence-corrected chi connectivity index (χ0v) is 11.3. The van der Waals surface area contributed by atoms with E-state index in [1.165, 1.54) is 0 Å². The van der Waals surface area contributed by atoms with Gasteiger partial charge in [-0.2, -0.15) is 5.10 Å². The summed E-state index contributed by atoms with van der Waals surface area (Å²) in [5.74, 6) is -0.932. The summed E-state index contributed by atoms with van der Waals surface area (Å²) in [6, 6.07) is 7.75. The monoisotopic (exact) mass is 258 g/mol. The zero-order chi connectivity index (χ0) is 13.8. The van der Waals surface area contributed by atoms with Crippen LogP contribution in [-0.4, -0.2) is 20.9 Å². The molecule has 4 heteroatoms. The predicted octanol–water partition coefficient (Wildman–Crippen LogP) is 3.36. The normalized spacial score (nSPS) is 10.6. The number of benzene rings is 1. The number of nitrogens with zero attached hydrogens (tertiary/aromatic N) is 2. The topological polar surface area (TPSA) is 55.1 Å². The lowest BCUT2D eigenvalue weighted by atomic mass is 10.1. The van der Waals surface area contributed by atoms with Crippen molar-refractivity contribution >= 4 is 5.97 Å². The zero-order valence-electron chi connectivity index (χ0n) is 11.3. The second kappa shape index (κ2) is 5.69. The van der Waals surface area contributed by atoms with E-state index in [1.54, 1.807) is 10.9 Å². The van der Waals surface area contributed by atoms with Gasteiger partial charge in [0.1, 0.15) is 11.3 Å². The fourth-order valence-electron chi connectivity index (χ4n) is 1.94. The molecule has 0 atom stereocenters. The minimum atomic E-state index is -0.932. The van der Waals surface area contributed by atoms with Gasteiger partial charge in [-0.15, -0.1) is 0 Å². The maximum absolute atomic E-state index is 11.3. The fraction of sp³-hybridized carbons (Fsp3) is 0.333. The average molecular weight is 258 g/mol. The number of carbonyl (C=O) groups is 1. The minimum absolute atomic E-state index is 0.264. The van der Waals surface area contributed by atoms with Crippen LogP contribution in [-0.2, 0) is 6.54 Å². The number of hydrogen-bond donors (Lipinski definition) is 1. The van der Waals surface area contributed by atoms with Crippen LogP contribution in [0.1, 0.15) is 35.7 Å². The molecular weight excluding hydrogens is 240 g/mol. The molecule has 19 heavy (non-hydrogen) atoms. The van der Waals surface area contributed by atoms with Gasteiger partial charge in [-0.3, -0.25) is 4.68 Å². The van der Waals surface area contributed by atoms with Crippen LogP contribution >= 0.6 is 0 Å². The first-order valence-electron chi connectivity index (χ1n) is 6.49. The molecule has 0 amide bonds. The summed E-state index contributed by atoms with van der Waals surface area (Å²) in [6.07, 6.45) is 3.67. The average Bonchev–Trinajstić information content (AvgIpc) is 2.81. The lowest BCUT2D eigenvalue weighted by Crippen LogP contribution is -1.98. The highest BCUT2D eigenvalue weighted by atomic mass is 16.4. The van der Waals surface area contributed by atoms with Crippen LogP contribution in [0.5, 0.6) is 0 Å². The summed E-state index contributed by atoms with van der Waals surface area (Å²) in [5.41, 5.74) is 2.80. The van der Waals surface area contributed by atoms with Crippen LogP contribution in [0.15, 0.2) is 30.5 Å². The van der Waals surface area contributed by atoms with Crippen LogP contribution in [0.25, 0.3) is 11.3 Å². The van der Waals surface area contributed by atoms with Gasteiger partial charge in [0.15, 0.2) is 0 Å². The molecule has 1 heterocycles. The van der Waals surface area contributed by atoms with Crippen LogP contribution in [0.2, 0.25) is 0 Å². The highest BCUT2D eigenvalue weighted by Gasteiger charge is 2.16. The number of carboxylic acid groups (broad SMARTS) is 1. The smallest absolute Gasteiger partial charge is 0.339 e. The van der Waals surface area contributed by atoms with Crippen molar-refractivity contribution in [3.8, 4) is 11.3 Å². The Morgan fingerprint density at radius 3 is 2.58 bits per heavy atom. The van der Waals surface area contributed by atoms with Gasteiger partial charge in [-0.1, -0.05) is 43.2 Å². The number of hydrogen-bond acceptors (Lipinski definition) is 2. The van der Waals surface area contributed by atoms with Crippen molar-refractivity contribution in [1.29, 1.82) is 0 Å². The fourth-order valence-corrected chi connectivity index (χ4v) is 1.94. The Morgan fingerprint density at radius 1 is 1.32 bits per heavy atom. The largest absolute Gasteiger partial charge is 0.478 e. The second-order valence-electron chi connectivity index (χ2n) is 4.68. The van der Waals surface area contributed by atoms with E-state index in [4.69, 9.17) is 0 Å². The minimum Gasteiger partial charge on any atom is -0.478 e. The number of aryl methyl sites for hydroxylation is 2. The van der Waals surface area contributed by atoms with Gasteiger partial charge in [0.2, 0.25) is 0 Å². The van der Waals surface area contributed by atoms with Crippen molar-refractivity contribution in [3.63, 3.8) is 0 Å². The molecule has 1 aromatic heterocycles. The first kappa shape index (κ1) is 13.3. The molecule has 0 spiro atoms. The number of carboxylic acids is 1. The van der Waals surface area contributed by atoms with Gasteiger partial charge < -0.3 is 5.11 Å². The number of aromatic nitrogens is 2. The third-order valence-electron chi connectivity index (χ3n) is 3.06. The first-order valence-corrected chi connectivity index (χ1v) is 6.49. The molecule has 0 saturated carbocycles. The molecule has 0 aliphatic heterocycles. The third-order valence-corrected chi connectivity index (χ3v) is 3.06. The summed E-state index contributed by atoms with van der Waals surface area (Å²) < 4.78 is 1.72. The molecule has 0 unspecified atom stereocenters. The summed E-state index contributed by atoms with van der Waals surface area (Å²) >= 11 is 0. The highest BCUT2D eigenvalue weighted by Crippen LogP contribution is 2.22. The summed E-state index contributed by atoms with van der Waals surface area (Å²) in [5, 5.41) is 13.7. The van der Waals surface area contributed by atoms with Gasteiger partial charge in [0, 0.05) is 18.3 Å². The molecule has 0 aliphatic carbocycles. The van der Waals surface area contributed by atoms with Gasteiger partial charge in [-0.25, -0.2) is 4.79 Å². The van der Waals surface area contributed by atoms with E-state index in [9.17, 15) is 9.90 Å². The van der Waals surface area contributed by atoms with E-state index in [0.29, 0.717) is 5.69 Å². The molecular formula is C15H18N2O2. The molecule has 2 aromatic rings. The van der Waals surface area contributed by atoms with Crippen molar-refractivity contribution in [2.75, 3.05) is 0 Å². The Labute approximate surface area is 112 Å². The van der Waals surface area contributed by atoms with Gasteiger partial charge in [-0.05, 0) is 13.3 Å². The Morgan fingerprint density at radius 2 is 2.00 bits per heavy atom. The van der Waals surface area contributed by atoms with Crippen LogP contribution < -0.4 is 0 Å². The van der Waals surface area contributed by atoms with Crippen LogP contribution in [0.3, 0.4) is 0 Å². The maximum Gasteiger partial charge on any atom is 0.339 e. The van der Waals surface area contributed by atoms with Crippen molar-refractivity contribution in [2.45, 2.75) is 33.2 Å². The molecule has 100 valence electrons. The van der Waals surface area contributed by atoms with Crippen LogP contribution in [0.4, 0.5) is 0 Å². The first-order chi connectivity index (χ1) is 9.11. The molecule has 0 saturated heterocycles. The number of unbranched alkanes of at least 4 members (excludes halogenated alkanes) is 1. The van der Waals surface area contributed by atoms with E-state index >= 15 is 0 Å². The molecule has 0 radical (unpaired) electrons. The van der Waals surface area contributed by atoms with Crippen LogP contribution in [0, 0.1) is 6.92 Å². The van der Waals surface area contributed by atoms with E-state index in [0.717, 1.165) is 30.5 Å². The molecule has 1 aromatic carbocycles. The van der Waals surface area contributed by atoms with E-state index in [-0.39, 0.29) is 5.56 Å². The van der Waals surface area contributed by atoms with Crippen molar-refractivity contribution in [2.24, 2.45) is 0 Å². The van der Waals surface area contributed by atoms with Gasteiger partial charge in [0.05, 0.1) is 0 Å². The molecule has 4 nitrogen and oxygen atoms in total. The van der Waals surface area contributed by atoms with E-state index in [1.807, 2.05) is 31.2 Å². The molecule has 0 aliphatic rings. The second-order valence-corrected chi connectivity index (χ2v) is 4.68. The highest BCUT2D eigenvalue weighted by molar-refractivity contribution is 5.94. The lowest BCUT2D eigenvalue weighted by Gasteiger charge is -2.00. The predicted molar refractivity (Wildman–Crippen MR) is 74.3 cm³/mol. The maximum atomic E-state index is 11.3. The summed E-state index contributed by atoms with van der Waals surface area (Å²) in [4.78, 5) is 11.3. The Hall–Kier alpha value is -2.10. The summed E-state index contributed by atoms with van der Waals surface area (Å²) in [6.45, 7) is 4.85.